The molecule has 33 heavy (non-hydrogen) atoms. The summed E-state index contributed by atoms with van der Waals surface area (Å²) in [6, 6.07) is 10.6. The topological polar surface area (TPSA) is 86.8 Å². The van der Waals surface area contributed by atoms with Gasteiger partial charge in [-0.3, -0.25) is 9.59 Å². The summed E-state index contributed by atoms with van der Waals surface area (Å²) in [5.41, 5.74) is 4.01. The third-order valence-corrected chi connectivity index (χ3v) is 8.55. The number of hydrogen-bond donors (Lipinski definition) is 1. The number of nitrogens with zero attached hydrogens (tertiary/aromatic N) is 2. The number of amides is 2. The van der Waals surface area contributed by atoms with Crippen LogP contribution in [0, 0.1) is 27.7 Å². The Labute approximate surface area is 196 Å². The Morgan fingerprint density at radius 2 is 1.48 bits per heavy atom. The number of rotatable bonds is 6. The molecule has 178 valence electrons. The molecule has 0 radical (unpaired) electrons. The number of hydrogen-bond acceptors (Lipinski definition) is 4. The van der Waals surface area contributed by atoms with Gasteiger partial charge in [-0.1, -0.05) is 24.3 Å². The van der Waals surface area contributed by atoms with Gasteiger partial charge in [0.1, 0.15) is 0 Å². The lowest BCUT2D eigenvalue weighted by molar-refractivity contribution is -0.132. The average molecular weight is 472 g/mol. The second-order valence-electron chi connectivity index (χ2n) is 8.82. The quantitative estimate of drug-likeness (QED) is 0.702. The molecule has 2 aromatic carbocycles. The summed E-state index contributed by atoms with van der Waals surface area (Å²) in [6.07, 6.45) is 0.167. The molecule has 1 heterocycles. The maximum Gasteiger partial charge on any atom is 0.251 e. The van der Waals surface area contributed by atoms with Crippen LogP contribution in [-0.4, -0.2) is 61.7 Å². The van der Waals surface area contributed by atoms with Crippen molar-refractivity contribution < 1.29 is 18.0 Å². The fourth-order valence-corrected chi connectivity index (χ4v) is 6.21. The zero-order valence-electron chi connectivity index (χ0n) is 20.0. The first-order valence-corrected chi connectivity index (χ1v) is 12.7. The average Bonchev–Trinajstić information content (AvgIpc) is 2.78. The molecule has 1 fully saturated rings. The van der Waals surface area contributed by atoms with E-state index < -0.39 is 10.0 Å². The largest absolute Gasteiger partial charge is 0.349 e. The Hall–Kier alpha value is -2.71. The van der Waals surface area contributed by atoms with Gasteiger partial charge in [-0.25, -0.2) is 8.42 Å². The Morgan fingerprint density at radius 3 is 2.03 bits per heavy atom. The summed E-state index contributed by atoms with van der Waals surface area (Å²) >= 11 is 0. The van der Waals surface area contributed by atoms with Crippen LogP contribution in [-0.2, 0) is 14.8 Å². The molecule has 1 saturated heterocycles. The molecule has 2 amide bonds. The van der Waals surface area contributed by atoms with Crippen molar-refractivity contribution in [2.75, 3.05) is 26.2 Å². The van der Waals surface area contributed by atoms with E-state index in [0.29, 0.717) is 23.5 Å². The standard InChI is InChI=1S/C25H33N3O4S/c1-17-15-18(2)21(5)24(20(17)4)33(31,32)28-13-11-27(12-14-28)23(29)16-19(3)26-25(30)22-9-7-6-8-10-22/h6-10,15,19H,11-14,16H2,1-5H3,(H,26,30). The molecule has 1 atom stereocenters. The first-order chi connectivity index (χ1) is 15.5. The molecule has 3 rings (SSSR count). The Bertz CT molecular complexity index is 1110. The fraction of sp³-hybridized carbons (Fsp3) is 0.440. The van der Waals surface area contributed by atoms with Gasteiger partial charge in [-0.05, 0) is 69.0 Å². The summed E-state index contributed by atoms with van der Waals surface area (Å²) in [7, 11) is -3.65. The molecule has 0 saturated carbocycles. The smallest absolute Gasteiger partial charge is 0.251 e. The molecule has 2 aromatic rings. The van der Waals surface area contributed by atoms with E-state index in [9.17, 15) is 18.0 Å². The number of nitrogens with one attached hydrogen (secondary N) is 1. The van der Waals surface area contributed by atoms with Crippen molar-refractivity contribution in [2.24, 2.45) is 0 Å². The second kappa shape index (κ2) is 10.1. The highest BCUT2D eigenvalue weighted by atomic mass is 32.2. The number of aryl methyl sites for hydroxylation is 2. The predicted octanol–water partition coefficient (Wildman–Crippen LogP) is 2.96. The van der Waals surface area contributed by atoms with Crippen LogP contribution in [0.5, 0.6) is 0 Å². The summed E-state index contributed by atoms with van der Waals surface area (Å²) in [5, 5.41) is 2.85. The lowest BCUT2D eigenvalue weighted by Gasteiger charge is -2.35. The SMILES string of the molecule is Cc1cc(C)c(C)c(S(=O)(=O)N2CCN(C(=O)CC(C)NC(=O)c3ccccc3)CC2)c1C. The molecule has 1 unspecified atom stereocenters. The minimum Gasteiger partial charge on any atom is -0.349 e. The van der Waals surface area contributed by atoms with Crippen LogP contribution in [0.15, 0.2) is 41.3 Å². The minimum atomic E-state index is -3.65. The second-order valence-corrected chi connectivity index (χ2v) is 10.7. The van der Waals surface area contributed by atoms with Crippen LogP contribution in [0.3, 0.4) is 0 Å². The first kappa shape index (κ1) is 24.9. The van der Waals surface area contributed by atoms with E-state index in [1.807, 2.05) is 39.8 Å². The molecular formula is C25H33N3O4S. The van der Waals surface area contributed by atoms with E-state index >= 15 is 0 Å². The predicted molar refractivity (Wildman–Crippen MR) is 129 cm³/mol. The zero-order valence-corrected chi connectivity index (χ0v) is 20.8. The van der Waals surface area contributed by atoms with Gasteiger partial charge in [0.15, 0.2) is 0 Å². The van der Waals surface area contributed by atoms with Crippen LogP contribution >= 0.6 is 0 Å². The summed E-state index contributed by atoms with van der Waals surface area (Å²) < 4.78 is 28.3. The third kappa shape index (κ3) is 5.45. The van der Waals surface area contributed by atoms with Gasteiger partial charge in [0.05, 0.1) is 4.90 Å². The van der Waals surface area contributed by atoms with Gasteiger partial charge in [-0.15, -0.1) is 0 Å². The molecule has 7 nitrogen and oxygen atoms in total. The number of piperazine rings is 1. The van der Waals surface area contributed by atoms with Crippen molar-refractivity contribution in [1.29, 1.82) is 0 Å². The highest BCUT2D eigenvalue weighted by Crippen LogP contribution is 2.29. The molecule has 0 bridgehead atoms. The molecular weight excluding hydrogens is 438 g/mol. The monoisotopic (exact) mass is 471 g/mol. The van der Waals surface area contributed by atoms with E-state index in [1.54, 1.807) is 36.1 Å². The third-order valence-electron chi connectivity index (χ3n) is 6.38. The lowest BCUT2D eigenvalue weighted by atomic mass is 10.0. The maximum atomic E-state index is 13.4. The van der Waals surface area contributed by atoms with Crippen molar-refractivity contribution in [3.05, 3.63) is 64.2 Å². The van der Waals surface area contributed by atoms with Crippen molar-refractivity contribution in [1.82, 2.24) is 14.5 Å². The normalized spacial score (nSPS) is 15.8. The maximum absolute atomic E-state index is 13.4. The molecule has 0 aliphatic carbocycles. The lowest BCUT2D eigenvalue weighted by Crippen LogP contribution is -2.51. The van der Waals surface area contributed by atoms with E-state index in [-0.39, 0.29) is 37.4 Å². The first-order valence-electron chi connectivity index (χ1n) is 11.2. The number of benzene rings is 2. The van der Waals surface area contributed by atoms with Gasteiger partial charge in [0.25, 0.3) is 5.91 Å². The summed E-state index contributed by atoms with van der Waals surface area (Å²) in [4.78, 5) is 27.1. The Morgan fingerprint density at radius 1 is 0.939 bits per heavy atom. The molecule has 0 aromatic heterocycles. The summed E-state index contributed by atoms with van der Waals surface area (Å²) in [5.74, 6) is -0.308. The van der Waals surface area contributed by atoms with Gasteiger partial charge in [0, 0.05) is 44.2 Å². The van der Waals surface area contributed by atoms with Crippen LogP contribution in [0.1, 0.15) is 46.0 Å². The van der Waals surface area contributed by atoms with Crippen LogP contribution < -0.4 is 5.32 Å². The van der Waals surface area contributed by atoms with Crippen LogP contribution in [0.25, 0.3) is 0 Å². The van der Waals surface area contributed by atoms with E-state index in [2.05, 4.69) is 5.32 Å². The van der Waals surface area contributed by atoms with Crippen LogP contribution in [0.4, 0.5) is 0 Å². The van der Waals surface area contributed by atoms with Crippen molar-refractivity contribution in [3.8, 4) is 0 Å². The zero-order chi connectivity index (χ0) is 24.3. The van der Waals surface area contributed by atoms with E-state index in [4.69, 9.17) is 0 Å². The van der Waals surface area contributed by atoms with Crippen molar-refractivity contribution in [3.63, 3.8) is 0 Å². The Balaban J connectivity index is 1.60. The number of sulfonamides is 1. The fourth-order valence-electron chi connectivity index (χ4n) is 4.21. The van der Waals surface area contributed by atoms with E-state index in [1.165, 1.54) is 4.31 Å². The minimum absolute atomic E-state index is 0.0910. The Kier molecular flexibility index (Phi) is 7.59. The van der Waals surface area contributed by atoms with Crippen LogP contribution in [0.2, 0.25) is 0 Å². The van der Waals surface area contributed by atoms with Crippen molar-refractivity contribution in [2.45, 2.75) is 52.0 Å². The highest BCUT2D eigenvalue weighted by Gasteiger charge is 2.33. The molecule has 1 N–H and O–H groups in total. The van der Waals surface area contributed by atoms with Crippen molar-refractivity contribution >= 4 is 21.8 Å². The molecule has 0 spiro atoms. The summed E-state index contributed by atoms with van der Waals surface area (Å²) in [6.45, 7) is 10.5. The van der Waals surface area contributed by atoms with Gasteiger partial charge < -0.3 is 10.2 Å². The van der Waals surface area contributed by atoms with Gasteiger partial charge >= 0.3 is 0 Å². The molecule has 1 aliphatic heterocycles. The van der Waals surface area contributed by atoms with E-state index in [0.717, 1.165) is 22.3 Å². The van der Waals surface area contributed by atoms with Gasteiger partial charge in [0.2, 0.25) is 15.9 Å². The molecule has 8 heteroatoms. The number of carbonyl (C=O) groups is 2. The molecule has 1 aliphatic rings. The number of carbonyl (C=O) groups excluding carboxylic acids is 2. The van der Waals surface area contributed by atoms with Gasteiger partial charge in [-0.2, -0.15) is 4.31 Å². The highest BCUT2D eigenvalue weighted by molar-refractivity contribution is 7.89.